The molecule has 5 heteroatoms. The molecular weight excluding hydrogens is 232 g/mol. The number of hydrogen-bond acceptors (Lipinski definition) is 2. The van der Waals surface area contributed by atoms with Crippen molar-refractivity contribution in [3.63, 3.8) is 0 Å². The first-order chi connectivity index (χ1) is 8.68. The van der Waals surface area contributed by atoms with E-state index >= 15 is 0 Å². The van der Waals surface area contributed by atoms with Crippen LogP contribution < -0.4 is 5.56 Å². The molecule has 5 nitrogen and oxygen atoms in total. The summed E-state index contributed by atoms with van der Waals surface area (Å²) in [4.78, 5) is 23.0. The van der Waals surface area contributed by atoms with E-state index in [2.05, 4.69) is 5.10 Å². The van der Waals surface area contributed by atoms with Crippen LogP contribution in [0.2, 0.25) is 0 Å². The number of nitrogens with zero attached hydrogens (tertiary/aromatic N) is 1. The van der Waals surface area contributed by atoms with Gasteiger partial charge in [-0.1, -0.05) is 18.2 Å². The Bertz CT molecular complexity index is 655. The largest absolute Gasteiger partial charge is 0.481 e. The highest BCUT2D eigenvalue weighted by Gasteiger charge is 2.34. The predicted octanol–water partition coefficient (Wildman–Crippen LogP) is 1.28. The van der Waals surface area contributed by atoms with Gasteiger partial charge in [-0.3, -0.25) is 19.4 Å². The Labute approximate surface area is 103 Å². The van der Waals surface area contributed by atoms with Crippen LogP contribution in [0.25, 0.3) is 5.69 Å². The maximum atomic E-state index is 11.8. The van der Waals surface area contributed by atoms with Gasteiger partial charge in [0.25, 0.3) is 5.56 Å². The second-order valence-electron chi connectivity index (χ2n) is 4.41. The molecule has 1 aromatic carbocycles. The molecule has 0 aliphatic heterocycles. The standard InChI is InChI=1S/C13H12N2O3/c16-12-9-6-7-10(13(17)18)11(9)15(14-12)8-4-2-1-3-5-8/h1-5,10H,6-7H2,(H,14,16)(H,17,18). The summed E-state index contributed by atoms with van der Waals surface area (Å²) in [6.45, 7) is 0. The lowest BCUT2D eigenvalue weighted by atomic mass is 10.1. The summed E-state index contributed by atoms with van der Waals surface area (Å²) < 4.78 is 1.60. The van der Waals surface area contributed by atoms with E-state index < -0.39 is 11.9 Å². The van der Waals surface area contributed by atoms with Crippen LogP contribution in [0.1, 0.15) is 23.6 Å². The number of H-pyrrole nitrogens is 1. The number of carboxylic acids is 1. The number of benzene rings is 1. The average Bonchev–Trinajstić information content (AvgIpc) is 2.92. The molecule has 18 heavy (non-hydrogen) atoms. The molecular formula is C13H12N2O3. The van der Waals surface area contributed by atoms with E-state index in [4.69, 9.17) is 0 Å². The Kier molecular flexibility index (Phi) is 2.33. The third-order valence-electron chi connectivity index (χ3n) is 3.36. The molecule has 1 unspecified atom stereocenters. The molecule has 1 atom stereocenters. The summed E-state index contributed by atoms with van der Waals surface area (Å²) in [5.41, 5.74) is 1.80. The van der Waals surface area contributed by atoms with Gasteiger partial charge in [-0.2, -0.15) is 0 Å². The molecule has 0 saturated carbocycles. The number of aliphatic carboxylic acids is 1. The first-order valence-corrected chi connectivity index (χ1v) is 5.80. The molecule has 92 valence electrons. The zero-order valence-electron chi connectivity index (χ0n) is 9.59. The van der Waals surface area contributed by atoms with Crippen LogP contribution in [0.4, 0.5) is 0 Å². The molecule has 0 amide bonds. The molecule has 0 radical (unpaired) electrons. The van der Waals surface area contributed by atoms with Gasteiger partial charge < -0.3 is 5.11 Å². The maximum Gasteiger partial charge on any atom is 0.312 e. The molecule has 2 N–H and O–H groups in total. The fourth-order valence-electron chi connectivity index (χ4n) is 2.53. The lowest BCUT2D eigenvalue weighted by molar-refractivity contribution is -0.138. The van der Waals surface area contributed by atoms with Gasteiger partial charge in [-0.25, -0.2) is 0 Å². The highest BCUT2D eigenvalue weighted by atomic mass is 16.4. The van der Waals surface area contributed by atoms with E-state index in [0.717, 1.165) is 5.69 Å². The van der Waals surface area contributed by atoms with Gasteiger partial charge in [0.05, 0.1) is 17.3 Å². The highest BCUT2D eigenvalue weighted by molar-refractivity contribution is 5.77. The number of fused-ring (bicyclic) bond motifs is 1. The fraction of sp³-hybridized carbons (Fsp3) is 0.231. The number of carboxylic acid groups (broad SMARTS) is 1. The molecule has 2 aromatic rings. The first-order valence-electron chi connectivity index (χ1n) is 5.80. The Morgan fingerprint density at radius 1 is 1.33 bits per heavy atom. The van der Waals surface area contributed by atoms with Crippen molar-refractivity contribution in [3.05, 3.63) is 51.9 Å². The summed E-state index contributed by atoms with van der Waals surface area (Å²) in [5, 5.41) is 11.9. The summed E-state index contributed by atoms with van der Waals surface area (Å²) in [6.07, 6.45) is 1.03. The summed E-state index contributed by atoms with van der Waals surface area (Å²) in [6, 6.07) is 9.26. The van der Waals surface area contributed by atoms with Crippen molar-refractivity contribution in [3.8, 4) is 5.69 Å². The molecule has 0 saturated heterocycles. The van der Waals surface area contributed by atoms with E-state index in [1.807, 2.05) is 30.3 Å². The zero-order chi connectivity index (χ0) is 12.7. The van der Waals surface area contributed by atoms with Gasteiger partial charge in [-0.05, 0) is 25.0 Å². The second-order valence-corrected chi connectivity index (χ2v) is 4.41. The van der Waals surface area contributed by atoms with Crippen molar-refractivity contribution in [1.29, 1.82) is 0 Å². The molecule has 1 aliphatic rings. The van der Waals surface area contributed by atoms with Gasteiger partial charge in [0.2, 0.25) is 0 Å². The Morgan fingerprint density at radius 3 is 2.72 bits per heavy atom. The smallest absolute Gasteiger partial charge is 0.312 e. The number of carbonyl (C=O) groups is 1. The van der Waals surface area contributed by atoms with Crippen LogP contribution in [0.15, 0.2) is 35.1 Å². The van der Waals surface area contributed by atoms with Gasteiger partial charge in [0.15, 0.2) is 0 Å². The fourth-order valence-corrected chi connectivity index (χ4v) is 2.53. The predicted molar refractivity (Wildman–Crippen MR) is 65.1 cm³/mol. The van der Waals surface area contributed by atoms with Crippen LogP contribution in [-0.2, 0) is 11.2 Å². The number of hydrogen-bond donors (Lipinski definition) is 2. The lowest BCUT2D eigenvalue weighted by Crippen LogP contribution is -2.14. The molecule has 1 aliphatic carbocycles. The molecule has 1 heterocycles. The van der Waals surface area contributed by atoms with Crippen molar-refractivity contribution in [2.24, 2.45) is 0 Å². The lowest BCUT2D eigenvalue weighted by Gasteiger charge is -2.10. The first kappa shape index (κ1) is 10.8. The van der Waals surface area contributed by atoms with E-state index in [1.54, 1.807) is 4.68 Å². The van der Waals surface area contributed by atoms with Gasteiger partial charge in [0, 0.05) is 5.56 Å². The third-order valence-corrected chi connectivity index (χ3v) is 3.36. The minimum Gasteiger partial charge on any atom is -0.481 e. The highest BCUT2D eigenvalue weighted by Crippen LogP contribution is 2.32. The summed E-state index contributed by atoms with van der Waals surface area (Å²) in [5.74, 6) is -1.48. The van der Waals surface area contributed by atoms with E-state index in [-0.39, 0.29) is 5.56 Å². The number of rotatable bonds is 2. The maximum absolute atomic E-state index is 11.8. The minimum atomic E-state index is -0.877. The summed E-state index contributed by atoms with van der Waals surface area (Å²) >= 11 is 0. The van der Waals surface area contributed by atoms with Crippen LogP contribution >= 0.6 is 0 Å². The molecule has 3 rings (SSSR count). The number of para-hydroxylation sites is 1. The Balaban J connectivity index is 2.22. The molecule has 1 aromatic heterocycles. The molecule has 0 fully saturated rings. The van der Waals surface area contributed by atoms with Gasteiger partial charge in [0.1, 0.15) is 0 Å². The van der Waals surface area contributed by atoms with Crippen molar-refractivity contribution in [2.75, 3.05) is 0 Å². The van der Waals surface area contributed by atoms with E-state index in [0.29, 0.717) is 24.1 Å². The second kappa shape index (κ2) is 3.87. The van der Waals surface area contributed by atoms with E-state index in [1.165, 1.54) is 0 Å². The Hall–Kier alpha value is -2.30. The number of nitrogens with one attached hydrogen (secondary N) is 1. The van der Waals surface area contributed by atoms with Crippen LogP contribution in [0.5, 0.6) is 0 Å². The zero-order valence-corrected chi connectivity index (χ0v) is 9.59. The third kappa shape index (κ3) is 1.48. The van der Waals surface area contributed by atoms with Gasteiger partial charge in [-0.15, -0.1) is 0 Å². The molecule has 0 spiro atoms. The molecule has 0 bridgehead atoms. The monoisotopic (exact) mass is 244 g/mol. The van der Waals surface area contributed by atoms with Gasteiger partial charge >= 0.3 is 5.97 Å². The van der Waals surface area contributed by atoms with E-state index in [9.17, 15) is 14.7 Å². The van der Waals surface area contributed by atoms with Crippen molar-refractivity contribution >= 4 is 5.97 Å². The van der Waals surface area contributed by atoms with Crippen molar-refractivity contribution in [1.82, 2.24) is 9.78 Å². The number of aromatic nitrogens is 2. The van der Waals surface area contributed by atoms with Crippen LogP contribution in [0, 0.1) is 0 Å². The topological polar surface area (TPSA) is 75.1 Å². The average molecular weight is 244 g/mol. The Morgan fingerprint density at radius 2 is 2.06 bits per heavy atom. The quantitative estimate of drug-likeness (QED) is 0.835. The van der Waals surface area contributed by atoms with Crippen molar-refractivity contribution < 1.29 is 9.90 Å². The minimum absolute atomic E-state index is 0.183. The van der Waals surface area contributed by atoms with Crippen LogP contribution in [-0.4, -0.2) is 20.9 Å². The SMILES string of the molecule is O=C(O)C1CCc2c1n(-c1ccccc1)[nH]c2=O. The van der Waals surface area contributed by atoms with Crippen molar-refractivity contribution in [2.45, 2.75) is 18.8 Å². The normalized spacial score (nSPS) is 17.7. The summed E-state index contributed by atoms with van der Waals surface area (Å²) in [7, 11) is 0. The number of aromatic amines is 1. The van der Waals surface area contributed by atoms with Crippen LogP contribution in [0.3, 0.4) is 0 Å².